The maximum atomic E-state index is 13.7. The molecule has 0 saturated heterocycles. The van der Waals surface area contributed by atoms with Crippen LogP contribution in [0.4, 0.5) is 4.39 Å². The molecule has 6 nitrogen and oxygen atoms in total. The first-order valence-corrected chi connectivity index (χ1v) is 12.2. The lowest BCUT2D eigenvalue weighted by Crippen LogP contribution is -2.20. The van der Waals surface area contributed by atoms with E-state index in [0.29, 0.717) is 39.4 Å². The molecule has 5 aromatic rings. The van der Waals surface area contributed by atoms with Crippen molar-refractivity contribution in [3.05, 3.63) is 123 Å². The van der Waals surface area contributed by atoms with Crippen LogP contribution < -0.4 is 15.0 Å². The van der Waals surface area contributed by atoms with Gasteiger partial charge in [-0.25, -0.2) is 9.37 Å². The largest absolute Gasteiger partial charge is 0.493 e. The molecule has 0 N–H and O–H groups in total. The molecule has 0 amide bonds. The van der Waals surface area contributed by atoms with Gasteiger partial charge in [-0.05, 0) is 42.0 Å². The highest BCUT2D eigenvalue weighted by Gasteiger charge is 2.15. The van der Waals surface area contributed by atoms with Crippen molar-refractivity contribution in [1.29, 1.82) is 0 Å². The number of methoxy groups -OCH3 is 1. The van der Waals surface area contributed by atoms with E-state index in [1.54, 1.807) is 42.5 Å². The highest BCUT2D eigenvalue weighted by Crippen LogP contribution is 2.35. The molecule has 0 bridgehead atoms. The molecule has 0 aliphatic heterocycles. The van der Waals surface area contributed by atoms with Crippen LogP contribution in [-0.4, -0.2) is 23.0 Å². The maximum Gasteiger partial charge on any atom is 0.282 e. The van der Waals surface area contributed by atoms with Crippen LogP contribution in [0, 0.1) is 5.82 Å². The molecular weight excluding hydrogens is 537 g/mol. The summed E-state index contributed by atoms with van der Waals surface area (Å²) in [5, 5.41) is 5.00. The highest BCUT2D eigenvalue weighted by atomic mass is 79.9. The van der Waals surface area contributed by atoms with Crippen LogP contribution in [0.25, 0.3) is 22.3 Å². The monoisotopic (exact) mass is 557 g/mol. The second kappa shape index (κ2) is 10.8. The van der Waals surface area contributed by atoms with Gasteiger partial charge in [0.2, 0.25) is 0 Å². The van der Waals surface area contributed by atoms with Gasteiger partial charge in [0.25, 0.3) is 5.56 Å². The van der Waals surface area contributed by atoms with Crippen molar-refractivity contribution < 1.29 is 13.9 Å². The molecule has 8 heteroatoms. The molecule has 1 heterocycles. The zero-order valence-electron chi connectivity index (χ0n) is 19.8. The van der Waals surface area contributed by atoms with Gasteiger partial charge in [-0.2, -0.15) is 9.78 Å². The van der Waals surface area contributed by atoms with Crippen LogP contribution >= 0.6 is 15.9 Å². The molecule has 184 valence electrons. The summed E-state index contributed by atoms with van der Waals surface area (Å²) in [5.41, 5.74) is 2.25. The molecule has 1 aromatic heterocycles. The Balaban J connectivity index is 1.61. The van der Waals surface area contributed by atoms with E-state index in [0.717, 1.165) is 10.0 Å². The summed E-state index contributed by atoms with van der Waals surface area (Å²) in [5.74, 6) is 0.924. The Labute approximate surface area is 220 Å². The van der Waals surface area contributed by atoms with Gasteiger partial charge in [-0.1, -0.05) is 70.5 Å². The fraction of sp³-hybridized carbons (Fsp3) is 0.0690. The summed E-state index contributed by atoms with van der Waals surface area (Å²) < 4.78 is 27.3. The number of hydrogen-bond donors (Lipinski definition) is 0. The van der Waals surface area contributed by atoms with Crippen LogP contribution in [0.3, 0.4) is 0 Å². The minimum Gasteiger partial charge on any atom is -0.493 e. The third-order valence-electron chi connectivity index (χ3n) is 5.64. The molecule has 0 saturated carbocycles. The maximum absolute atomic E-state index is 13.7. The summed E-state index contributed by atoms with van der Waals surface area (Å²) in [6.45, 7) is 0.114. The van der Waals surface area contributed by atoms with E-state index in [4.69, 9.17) is 14.5 Å². The summed E-state index contributed by atoms with van der Waals surface area (Å²) in [4.78, 5) is 18.2. The first kappa shape index (κ1) is 24.4. The van der Waals surface area contributed by atoms with Gasteiger partial charge in [0.15, 0.2) is 17.3 Å². The van der Waals surface area contributed by atoms with Gasteiger partial charge < -0.3 is 9.47 Å². The molecule has 0 spiro atoms. The molecule has 0 fully saturated rings. The Morgan fingerprint density at radius 2 is 1.78 bits per heavy atom. The normalized spacial score (nSPS) is 11.2. The van der Waals surface area contributed by atoms with Crippen LogP contribution in [0.1, 0.15) is 11.1 Å². The Kier molecular flexibility index (Phi) is 7.09. The highest BCUT2D eigenvalue weighted by molar-refractivity contribution is 9.10. The Morgan fingerprint density at radius 1 is 1.00 bits per heavy atom. The van der Waals surface area contributed by atoms with Crippen LogP contribution in [-0.2, 0) is 6.61 Å². The van der Waals surface area contributed by atoms with Gasteiger partial charge in [0, 0.05) is 15.6 Å². The average molecular weight is 558 g/mol. The first-order valence-electron chi connectivity index (χ1n) is 11.4. The molecule has 4 aromatic carbocycles. The van der Waals surface area contributed by atoms with Crippen molar-refractivity contribution in [3.8, 4) is 22.9 Å². The second-order valence-electron chi connectivity index (χ2n) is 8.13. The number of nitrogens with zero attached hydrogens (tertiary/aromatic N) is 3. The number of para-hydroxylation sites is 1. The molecule has 0 atom stereocenters. The van der Waals surface area contributed by atoms with E-state index in [-0.39, 0.29) is 18.0 Å². The van der Waals surface area contributed by atoms with Crippen LogP contribution in [0.5, 0.6) is 11.5 Å². The van der Waals surface area contributed by atoms with Crippen molar-refractivity contribution in [2.75, 3.05) is 7.11 Å². The standard InChI is InChI=1S/C29H21BrFN3O3/c1-36-26-16-22(30)15-21(27(26)37-18-19-8-7-11-23(31)14-19)17-32-34-28(20-9-3-2-4-10-20)33-25-13-6-5-12-24(25)29(34)35/h2-17H,18H2,1H3. The first-order chi connectivity index (χ1) is 18.0. The molecule has 0 unspecified atom stereocenters. The Hall–Kier alpha value is -4.30. The third-order valence-corrected chi connectivity index (χ3v) is 6.10. The molecule has 0 aliphatic carbocycles. The molecule has 0 radical (unpaired) electrons. The number of fused-ring (bicyclic) bond motifs is 1. The number of halogens is 2. The number of ether oxygens (including phenoxy) is 2. The van der Waals surface area contributed by atoms with E-state index in [2.05, 4.69) is 21.0 Å². The van der Waals surface area contributed by atoms with Crippen molar-refractivity contribution in [1.82, 2.24) is 9.66 Å². The average Bonchev–Trinajstić information content (AvgIpc) is 2.92. The van der Waals surface area contributed by atoms with Gasteiger partial charge >= 0.3 is 0 Å². The van der Waals surface area contributed by atoms with E-state index in [1.165, 1.54) is 30.1 Å². The van der Waals surface area contributed by atoms with Crippen LogP contribution in [0.2, 0.25) is 0 Å². The van der Waals surface area contributed by atoms with E-state index < -0.39 is 0 Å². The minimum atomic E-state index is -0.345. The Bertz CT molecular complexity index is 1670. The Morgan fingerprint density at radius 3 is 2.57 bits per heavy atom. The summed E-state index contributed by atoms with van der Waals surface area (Å²) in [6.07, 6.45) is 1.53. The zero-order valence-corrected chi connectivity index (χ0v) is 21.4. The number of hydrogen-bond acceptors (Lipinski definition) is 5. The van der Waals surface area contributed by atoms with Gasteiger partial charge in [-0.3, -0.25) is 4.79 Å². The smallest absolute Gasteiger partial charge is 0.282 e. The van der Waals surface area contributed by atoms with E-state index in [1.807, 2.05) is 36.4 Å². The second-order valence-corrected chi connectivity index (χ2v) is 9.04. The van der Waals surface area contributed by atoms with E-state index in [9.17, 15) is 9.18 Å². The predicted molar refractivity (Wildman–Crippen MR) is 146 cm³/mol. The summed E-state index contributed by atoms with van der Waals surface area (Å²) in [6, 6.07) is 26.3. The SMILES string of the molecule is COc1cc(Br)cc(C=Nn2c(-c3ccccc3)nc3ccccc3c2=O)c1OCc1cccc(F)c1. The van der Waals surface area contributed by atoms with Gasteiger partial charge in [-0.15, -0.1) is 0 Å². The van der Waals surface area contributed by atoms with Gasteiger partial charge in [0.05, 0.1) is 24.2 Å². The molecule has 5 rings (SSSR count). The van der Waals surface area contributed by atoms with Crippen molar-refractivity contribution in [2.45, 2.75) is 6.61 Å². The van der Waals surface area contributed by atoms with Gasteiger partial charge in [0.1, 0.15) is 12.4 Å². The quantitative estimate of drug-likeness (QED) is 0.216. The zero-order chi connectivity index (χ0) is 25.8. The topological polar surface area (TPSA) is 65.7 Å². The lowest BCUT2D eigenvalue weighted by Gasteiger charge is -2.14. The molecular formula is C29H21BrFN3O3. The number of aromatic nitrogens is 2. The van der Waals surface area contributed by atoms with Crippen molar-refractivity contribution >= 4 is 33.0 Å². The molecule has 37 heavy (non-hydrogen) atoms. The fourth-order valence-electron chi connectivity index (χ4n) is 3.90. The van der Waals surface area contributed by atoms with E-state index >= 15 is 0 Å². The summed E-state index contributed by atoms with van der Waals surface area (Å²) in [7, 11) is 1.53. The fourth-order valence-corrected chi connectivity index (χ4v) is 4.35. The number of benzene rings is 4. The van der Waals surface area contributed by atoms with Crippen LogP contribution in [0.15, 0.2) is 105 Å². The summed E-state index contributed by atoms with van der Waals surface area (Å²) >= 11 is 3.49. The molecule has 0 aliphatic rings. The lowest BCUT2D eigenvalue weighted by molar-refractivity contribution is 0.283. The predicted octanol–water partition coefficient (Wildman–Crippen LogP) is 6.43. The minimum absolute atomic E-state index is 0.114. The lowest BCUT2D eigenvalue weighted by atomic mass is 10.2. The number of rotatable bonds is 7. The third kappa shape index (κ3) is 5.29. The van der Waals surface area contributed by atoms with Crippen molar-refractivity contribution in [3.63, 3.8) is 0 Å². The van der Waals surface area contributed by atoms with Crippen molar-refractivity contribution in [2.24, 2.45) is 5.10 Å².